The highest BCUT2D eigenvalue weighted by Gasteiger charge is 2.17. The monoisotopic (exact) mass is 242 g/mol. The van der Waals surface area contributed by atoms with Crippen molar-refractivity contribution in [3.8, 4) is 0 Å². The Morgan fingerprint density at radius 2 is 2.12 bits per heavy atom. The third-order valence-corrected chi connectivity index (χ3v) is 3.30. The minimum Gasteiger partial charge on any atom is -0.378 e. The quantitative estimate of drug-likeness (QED) is 0.679. The predicted molar refractivity (Wildman–Crippen MR) is 68.7 cm³/mol. The molecule has 17 heavy (non-hydrogen) atoms. The summed E-state index contributed by atoms with van der Waals surface area (Å²) in [6, 6.07) is -0.237. The summed E-state index contributed by atoms with van der Waals surface area (Å²) in [7, 11) is 0. The molecule has 4 heteroatoms. The molecule has 0 aromatic rings. The molecule has 1 atom stereocenters. The van der Waals surface area contributed by atoms with E-state index in [1.165, 1.54) is 32.1 Å². The molecule has 3 N–H and O–H groups in total. The highest BCUT2D eigenvalue weighted by atomic mass is 16.5. The molecule has 100 valence electrons. The number of hydrogen-bond acceptors (Lipinski definition) is 3. The van der Waals surface area contributed by atoms with Gasteiger partial charge in [0.25, 0.3) is 0 Å². The summed E-state index contributed by atoms with van der Waals surface area (Å²) >= 11 is 0. The minimum absolute atomic E-state index is 0.237. The third kappa shape index (κ3) is 6.03. The van der Waals surface area contributed by atoms with Crippen LogP contribution in [-0.2, 0) is 9.53 Å². The van der Waals surface area contributed by atoms with Crippen molar-refractivity contribution in [3.05, 3.63) is 0 Å². The zero-order valence-electron chi connectivity index (χ0n) is 10.9. The second-order valence-corrected chi connectivity index (χ2v) is 4.83. The maximum Gasteiger partial charge on any atom is 0.234 e. The first-order chi connectivity index (χ1) is 8.24. The Bertz CT molecular complexity index is 215. The van der Waals surface area contributed by atoms with Crippen molar-refractivity contribution in [2.24, 2.45) is 5.73 Å². The molecular weight excluding hydrogens is 216 g/mol. The molecular formula is C13H26N2O2. The molecule has 0 bridgehead atoms. The van der Waals surface area contributed by atoms with Crippen molar-refractivity contribution in [3.63, 3.8) is 0 Å². The maximum atomic E-state index is 11.2. The van der Waals surface area contributed by atoms with Gasteiger partial charge in [-0.1, -0.05) is 26.2 Å². The van der Waals surface area contributed by atoms with Crippen LogP contribution >= 0.6 is 0 Å². The van der Waals surface area contributed by atoms with E-state index in [2.05, 4.69) is 12.2 Å². The van der Waals surface area contributed by atoms with Crippen LogP contribution in [0.5, 0.6) is 0 Å². The number of amides is 1. The topological polar surface area (TPSA) is 64.3 Å². The molecule has 1 aliphatic carbocycles. The standard InChI is InChI=1S/C13H26N2O2/c1-2-9-15-12(13(14)16)8-10-17-11-6-4-3-5-7-11/h11-12,15H,2-10H2,1H3,(H2,14,16). The summed E-state index contributed by atoms with van der Waals surface area (Å²) in [5.41, 5.74) is 5.34. The lowest BCUT2D eigenvalue weighted by Crippen LogP contribution is -2.42. The summed E-state index contributed by atoms with van der Waals surface area (Å²) in [6.45, 7) is 3.54. The van der Waals surface area contributed by atoms with Gasteiger partial charge in [0.2, 0.25) is 5.91 Å². The Balaban J connectivity index is 2.14. The summed E-state index contributed by atoms with van der Waals surface area (Å²) in [4.78, 5) is 11.2. The van der Waals surface area contributed by atoms with Gasteiger partial charge < -0.3 is 15.8 Å². The molecule has 0 aromatic heterocycles. The van der Waals surface area contributed by atoms with Gasteiger partial charge in [-0.25, -0.2) is 0 Å². The Morgan fingerprint density at radius 3 is 2.71 bits per heavy atom. The van der Waals surface area contributed by atoms with E-state index in [1.807, 2.05) is 0 Å². The van der Waals surface area contributed by atoms with Crippen molar-refractivity contribution >= 4 is 5.91 Å². The molecule has 0 heterocycles. The van der Waals surface area contributed by atoms with Gasteiger partial charge in [-0.3, -0.25) is 4.79 Å². The second kappa shape index (κ2) is 8.48. The number of carbonyl (C=O) groups is 1. The van der Waals surface area contributed by atoms with Crippen LogP contribution in [0.2, 0.25) is 0 Å². The smallest absolute Gasteiger partial charge is 0.234 e. The molecule has 1 saturated carbocycles. The molecule has 0 aliphatic heterocycles. The van der Waals surface area contributed by atoms with Crippen LogP contribution in [0.3, 0.4) is 0 Å². The Hall–Kier alpha value is -0.610. The molecule has 0 saturated heterocycles. The number of nitrogens with one attached hydrogen (secondary N) is 1. The van der Waals surface area contributed by atoms with Crippen molar-refractivity contribution in [1.29, 1.82) is 0 Å². The van der Waals surface area contributed by atoms with E-state index in [1.54, 1.807) is 0 Å². The van der Waals surface area contributed by atoms with Crippen LogP contribution in [0.4, 0.5) is 0 Å². The van der Waals surface area contributed by atoms with Gasteiger partial charge >= 0.3 is 0 Å². The molecule has 1 rings (SSSR count). The van der Waals surface area contributed by atoms with Crippen LogP contribution < -0.4 is 11.1 Å². The van der Waals surface area contributed by atoms with Gasteiger partial charge in [-0.05, 0) is 32.2 Å². The summed E-state index contributed by atoms with van der Waals surface area (Å²) in [5, 5.41) is 3.15. The van der Waals surface area contributed by atoms with Crippen molar-refractivity contribution in [1.82, 2.24) is 5.32 Å². The van der Waals surface area contributed by atoms with Gasteiger partial charge in [-0.2, -0.15) is 0 Å². The number of rotatable bonds is 8. The first-order valence-electron chi connectivity index (χ1n) is 6.88. The zero-order chi connectivity index (χ0) is 12.5. The van der Waals surface area contributed by atoms with Crippen molar-refractivity contribution in [2.75, 3.05) is 13.2 Å². The third-order valence-electron chi connectivity index (χ3n) is 3.30. The van der Waals surface area contributed by atoms with Gasteiger partial charge in [0.1, 0.15) is 0 Å². The SMILES string of the molecule is CCCNC(CCOC1CCCCC1)C(N)=O. The number of hydrogen-bond donors (Lipinski definition) is 2. The van der Waals surface area contributed by atoms with E-state index in [9.17, 15) is 4.79 Å². The number of primary amides is 1. The number of ether oxygens (including phenoxy) is 1. The molecule has 1 amide bonds. The van der Waals surface area contributed by atoms with Crippen molar-refractivity contribution in [2.45, 2.75) is 64.0 Å². The Morgan fingerprint density at radius 1 is 1.41 bits per heavy atom. The first-order valence-corrected chi connectivity index (χ1v) is 6.88. The van der Waals surface area contributed by atoms with Gasteiger partial charge in [0.15, 0.2) is 0 Å². The Kier molecular flexibility index (Phi) is 7.21. The average molecular weight is 242 g/mol. The van der Waals surface area contributed by atoms with E-state index < -0.39 is 0 Å². The fourth-order valence-corrected chi connectivity index (χ4v) is 2.25. The van der Waals surface area contributed by atoms with Crippen LogP contribution in [0.15, 0.2) is 0 Å². The normalized spacial score (nSPS) is 19.1. The number of carbonyl (C=O) groups excluding carboxylic acids is 1. The lowest BCUT2D eigenvalue weighted by atomic mass is 9.98. The van der Waals surface area contributed by atoms with E-state index >= 15 is 0 Å². The number of nitrogens with two attached hydrogens (primary N) is 1. The fraction of sp³-hybridized carbons (Fsp3) is 0.923. The molecule has 0 spiro atoms. The van der Waals surface area contributed by atoms with Crippen LogP contribution in [0.25, 0.3) is 0 Å². The molecule has 0 aromatic carbocycles. The van der Waals surface area contributed by atoms with Gasteiger partial charge in [-0.15, -0.1) is 0 Å². The van der Waals surface area contributed by atoms with E-state index in [-0.39, 0.29) is 11.9 Å². The van der Waals surface area contributed by atoms with Crippen LogP contribution in [0.1, 0.15) is 51.9 Å². The highest BCUT2D eigenvalue weighted by molar-refractivity contribution is 5.79. The highest BCUT2D eigenvalue weighted by Crippen LogP contribution is 2.20. The van der Waals surface area contributed by atoms with E-state index in [0.717, 1.165) is 13.0 Å². The molecule has 0 radical (unpaired) electrons. The first kappa shape index (κ1) is 14.5. The Labute approximate surface area is 104 Å². The lowest BCUT2D eigenvalue weighted by molar-refractivity contribution is -0.120. The average Bonchev–Trinajstić information content (AvgIpc) is 2.34. The van der Waals surface area contributed by atoms with Crippen LogP contribution in [-0.4, -0.2) is 31.2 Å². The van der Waals surface area contributed by atoms with Crippen molar-refractivity contribution < 1.29 is 9.53 Å². The summed E-state index contributed by atoms with van der Waals surface area (Å²) in [5.74, 6) is -0.273. The van der Waals surface area contributed by atoms with Gasteiger partial charge in [0.05, 0.1) is 12.1 Å². The summed E-state index contributed by atoms with van der Waals surface area (Å²) in [6.07, 6.45) is 8.33. The van der Waals surface area contributed by atoms with Crippen LogP contribution in [0, 0.1) is 0 Å². The largest absolute Gasteiger partial charge is 0.378 e. The van der Waals surface area contributed by atoms with E-state index in [0.29, 0.717) is 19.1 Å². The maximum absolute atomic E-state index is 11.2. The van der Waals surface area contributed by atoms with E-state index in [4.69, 9.17) is 10.5 Å². The molecule has 1 unspecified atom stereocenters. The minimum atomic E-state index is -0.273. The zero-order valence-corrected chi connectivity index (χ0v) is 10.9. The second-order valence-electron chi connectivity index (χ2n) is 4.83. The molecule has 1 fully saturated rings. The summed E-state index contributed by atoms with van der Waals surface area (Å²) < 4.78 is 5.80. The predicted octanol–water partition coefficient (Wildman–Crippen LogP) is 1.58. The van der Waals surface area contributed by atoms with Gasteiger partial charge in [0, 0.05) is 6.61 Å². The lowest BCUT2D eigenvalue weighted by Gasteiger charge is -2.23. The fourth-order valence-electron chi connectivity index (χ4n) is 2.25. The molecule has 1 aliphatic rings. The molecule has 4 nitrogen and oxygen atoms in total.